The molecule has 0 aliphatic carbocycles. The summed E-state index contributed by atoms with van der Waals surface area (Å²) in [7, 11) is -3.83. The fourth-order valence-corrected chi connectivity index (χ4v) is 5.96. The first-order valence-corrected chi connectivity index (χ1v) is 12.3. The molecule has 0 bridgehead atoms. The van der Waals surface area contributed by atoms with Gasteiger partial charge in [-0.1, -0.05) is 12.1 Å². The molecule has 2 heterocycles. The highest BCUT2D eigenvalue weighted by atomic mass is 32.2. The highest BCUT2D eigenvalue weighted by Gasteiger charge is 2.30. The van der Waals surface area contributed by atoms with Gasteiger partial charge >= 0.3 is 5.97 Å². The standard InChI is InChI=1S/C22H22N2O6S2/c1-2-30-22(26)19-14-15-13-16(7-8-18(15)31-19)23-21(25)17-5-3-4-6-20(17)32(27,28)24-9-11-29-12-10-24/h3-8,13-14H,2,9-12H2,1H3,(H,23,25). The molecule has 1 fully saturated rings. The van der Waals surface area contributed by atoms with Crippen molar-refractivity contribution in [2.75, 3.05) is 38.2 Å². The third-order valence-electron chi connectivity index (χ3n) is 4.97. The van der Waals surface area contributed by atoms with Crippen molar-refractivity contribution >= 4 is 49.0 Å². The number of hydrogen-bond acceptors (Lipinski definition) is 7. The van der Waals surface area contributed by atoms with Gasteiger partial charge < -0.3 is 14.8 Å². The Labute approximate surface area is 189 Å². The van der Waals surface area contributed by atoms with Crippen molar-refractivity contribution in [2.24, 2.45) is 0 Å². The van der Waals surface area contributed by atoms with E-state index in [-0.39, 0.29) is 29.5 Å². The number of esters is 1. The third kappa shape index (κ3) is 4.53. The van der Waals surface area contributed by atoms with E-state index < -0.39 is 15.9 Å². The molecule has 10 heteroatoms. The number of nitrogens with zero attached hydrogens (tertiary/aromatic N) is 1. The number of benzene rings is 2. The number of carbonyl (C=O) groups excluding carboxylic acids is 2. The lowest BCUT2D eigenvalue weighted by Crippen LogP contribution is -2.41. The summed E-state index contributed by atoms with van der Waals surface area (Å²) in [4.78, 5) is 25.4. The van der Waals surface area contributed by atoms with Crippen LogP contribution in [0.15, 0.2) is 53.4 Å². The number of nitrogens with one attached hydrogen (secondary N) is 1. The number of hydrogen-bond donors (Lipinski definition) is 1. The molecule has 8 nitrogen and oxygen atoms in total. The Morgan fingerprint density at radius 3 is 2.62 bits per heavy atom. The number of anilines is 1. The minimum absolute atomic E-state index is 0.0411. The van der Waals surface area contributed by atoms with E-state index in [1.54, 1.807) is 43.3 Å². The van der Waals surface area contributed by atoms with Gasteiger partial charge in [0, 0.05) is 23.5 Å². The number of rotatable bonds is 6. The summed E-state index contributed by atoms with van der Waals surface area (Å²) in [6, 6.07) is 13.1. The second-order valence-corrected chi connectivity index (χ2v) is 10.0. The van der Waals surface area contributed by atoms with Gasteiger partial charge in [-0.2, -0.15) is 4.31 Å². The van der Waals surface area contributed by atoms with Crippen molar-refractivity contribution < 1.29 is 27.5 Å². The monoisotopic (exact) mass is 474 g/mol. The highest BCUT2D eigenvalue weighted by Crippen LogP contribution is 2.29. The number of ether oxygens (including phenoxy) is 2. The zero-order chi connectivity index (χ0) is 22.7. The summed E-state index contributed by atoms with van der Waals surface area (Å²) in [5.74, 6) is -0.917. The minimum atomic E-state index is -3.83. The van der Waals surface area contributed by atoms with E-state index in [9.17, 15) is 18.0 Å². The quantitative estimate of drug-likeness (QED) is 0.550. The predicted octanol–water partition coefficient (Wildman–Crippen LogP) is 3.35. The second-order valence-electron chi connectivity index (χ2n) is 7.05. The predicted molar refractivity (Wildman–Crippen MR) is 122 cm³/mol. The van der Waals surface area contributed by atoms with Gasteiger partial charge in [0.25, 0.3) is 5.91 Å². The van der Waals surface area contributed by atoms with Crippen LogP contribution in [-0.2, 0) is 19.5 Å². The molecule has 1 N–H and O–H groups in total. The van der Waals surface area contributed by atoms with E-state index in [4.69, 9.17) is 9.47 Å². The van der Waals surface area contributed by atoms with Crippen LogP contribution >= 0.6 is 11.3 Å². The number of morpholine rings is 1. The lowest BCUT2D eigenvalue weighted by Gasteiger charge is -2.26. The van der Waals surface area contributed by atoms with Crippen LogP contribution in [0.1, 0.15) is 27.0 Å². The van der Waals surface area contributed by atoms with Crippen molar-refractivity contribution in [1.29, 1.82) is 0 Å². The van der Waals surface area contributed by atoms with Crippen LogP contribution in [-0.4, -0.2) is 57.5 Å². The Morgan fingerprint density at radius 2 is 1.88 bits per heavy atom. The summed E-state index contributed by atoms with van der Waals surface area (Å²) < 4.78 is 38.7. The zero-order valence-electron chi connectivity index (χ0n) is 17.4. The smallest absolute Gasteiger partial charge is 0.348 e. The van der Waals surface area contributed by atoms with Gasteiger partial charge in [-0.3, -0.25) is 4.79 Å². The molecule has 1 aliphatic heterocycles. The normalized spacial score (nSPS) is 14.9. The molecule has 0 unspecified atom stereocenters. The molecular weight excluding hydrogens is 452 g/mol. The number of sulfonamides is 1. The first kappa shape index (κ1) is 22.4. The average Bonchev–Trinajstić information content (AvgIpc) is 3.23. The van der Waals surface area contributed by atoms with E-state index in [2.05, 4.69) is 5.32 Å². The van der Waals surface area contributed by atoms with E-state index >= 15 is 0 Å². The van der Waals surface area contributed by atoms with Crippen molar-refractivity contribution in [2.45, 2.75) is 11.8 Å². The minimum Gasteiger partial charge on any atom is -0.462 e. The highest BCUT2D eigenvalue weighted by molar-refractivity contribution is 7.89. The molecule has 168 valence electrons. The Kier molecular flexibility index (Phi) is 6.56. The molecule has 1 aromatic heterocycles. The second kappa shape index (κ2) is 9.37. The molecule has 1 aliphatic rings. The van der Waals surface area contributed by atoms with Crippen molar-refractivity contribution in [1.82, 2.24) is 4.31 Å². The SMILES string of the molecule is CCOC(=O)c1cc2cc(NC(=O)c3ccccc3S(=O)(=O)N3CCOCC3)ccc2s1. The molecule has 4 rings (SSSR count). The van der Waals surface area contributed by atoms with Gasteiger partial charge in [-0.15, -0.1) is 11.3 Å². The first-order chi connectivity index (χ1) is 15.4. The van der Waals surface area contributed by atoms with Gasteiger partial charge in [0.1, 0.15) is 4.88 Å². The van der Waals surface area contributed by atoms with E-state index in [0.29, 0.717) is 30.4 Å². The molecule has 0 radical (unpaired) electrons. The Morgan fingerprint density at radius 1 is 1.12 bits per heavy atom. The van der Waals surface area contributed by atoms with Crippen LogP contribution < -0.4 is 5.32 Å². The molecule has 0 atom stereocenters. The number of fused-ring (bicyclic) bond motifs is 1. The molecule has 32 heavy (non-hydrogen) atoms. The van der Waals surface area contributed by atoms with Gasteiger partial charge in [-0.05, 0) is 48.7 Å². The molecule has 0 saturated carbocycles. The molecule has 1 saturated heterocycles. The van der Waals surface area contributed by atoms with Crippen LogP contribution in [0, 0.1) is 0 Å². The number of carbonyl (C=O) groups is 2. The van der Waals surface area contributed by atoms with Gasteiger partial charge in [-0.25, -0.2) is 13.2 Å². The van der Waals surface area contributed by atoms with E-state index in [0.717, 1.165) is 10.1 Å². The van der Waals surface area contributed by atoms with E-state index in [1.807, 2.05) is 0 Å². The number of amides is 1. The lowest BCUT2D eigenvalue weighted by molar-refractivity contribution is 0.0532. The van der Waals surface area contributed by atoms with Gasteiger partial charge in [0.05, 0.1) is 30.3 Å². The van der Waals surface area contributed by atoms with Crippen molar-refractivity contribution in [3.63, 3.8) is 0 Å². The third-order valence-corrected chi connectivity index (χ3v) is 8.02. The molecule has 3 aromatic rings. The molecule has 2 aromatic carbocycles. The summed E-state index contributed by atoms with van der Waals surface area (Å²) in [5, 5.41) is 3.55. The summed E-state index contributed by atoms with van der Waals surface area (Å²) in [6.45, 7) is 3.17. The maximum absolute atomic E-state index is 13.1. The lowest BCUT2D eigenvalue weighted by atomic mass is 10.2. The molecule has 0 spiro atoms. The summed E-state index contributed by atoms with van der Waals surface area (Å²) in [5.41, 5.74) is 0.561. The van der Waals surface area contributed by atoms with Crippen molar-refractivity contribution in [3.8, 4) is 0 Å². The largest absolute Gasteiger partial charge is 0.462 e. The Balaban J connectivity index is 1.59. The van der Waals surface area contributed by atoms with Gasteiger partial charge in [0.2, 0.25) is 10.0 Å². The molecule has 1 amide bonds. The van der Waals surface area contributed by atoms with E-state index in [1.165, 1.54) is 27.8 Å². The fraction of sp³-hybridized carbons (Fsp3) is 0.273. The Bertz CT molecular complexity index is 1260. The van der Waals surface area contributed by atoms with Crippen LogP contribution in [0.3, 0.4) is 0 Å². The van der Waals surface area contributed by atoms with Crippen LogP contribution in [0.25, 0.3) is 10.1 Å². The average molecular weight is 475 g/mol. The van der Waals surface area contributed by atoms with Crippen molar-refractivity contribution in [3.05, 3.63) is 59.0 Å². The van der Waals surface area contributed by atoms with Crippen LogP contribution in [0.2, 0.25) is 0 Å². The van der Waals surface area contributed by atoms with Crippen LogP contribution in [0.5, 0.6) is 0 Å². The van der Waals surface area contributed by atoms with Gasteiger partial charge in [0.15, 0.2) is 0 Å². The zero-order valence-corrected chi connectivity index (χ0v) is 19.0. The maximum atomic E-state index is 13.1. The summed E-state index contributed by atoms with van der Waals surface area (Å²) in [6.07, 6.45) is 0. The number of thiophene rings is 1. The fourth-order valence-electron chi connectivity index (χ4n) is 3.43. The summed E-state index contributed by atoms with van der Waals surface area (Å²) >= 11 is 1.31. The maximum Gasteiger partial charge on any atom is 0.348 e. The molecular formula is C22H22N2O6S2. The first-order valence-electron chi connectivity index (χ1n) is 10.1. The topological polar surface area (TPSA) is 102 Å². The Hall–Kier alpha value is -2.79. The van der Waals surface area contributed by atoms with Crippen LogP contribution in [0.4, 0.5) is 5.69 Å².